The van der Waals surface area contributed by atoms with Crippen LogP contribution in [0.1, 0.15) is 32.1 Å². The Balaban J connectivity index is 2.33. The van der Waals surface area contributed by atoms with Crippen LogP contribution >= 0.6 is 0 Å². The second-order valence-corrected chi connectivity index (χ2v) is 3.43. The highest BCUT2D eigenvalue weighted by molar-refractivity contribution is 5.64. The molecule has 0 spiro atoms. The van der Waals surface area contributed by atoms with Crippen molar-refractivity contribution < 1.29 is 4.79 Å². The van der Waals surface area contributed by atoms with Gasteiger partial charge in [0.05, 0.1) is 0 Å². The summed E-state index contributed by atoms with van der Waals surface area (Å²) < 4.78 is 0. The van der Waals surface area contributed by atoms with Crippen molar-refractivity contribution in [2.24, 2.45) is 0 Å². The first-order valence-corrected chi connectivity index (χ1v) is 4.68. The van der Waals surface area contributed by atoms with Crippen LogP contribution in [-0.2, 0) is 4.79 Å². The second kappa shape index (κ2) is 4.96. The van der Waals surface area contributed by atoms with Crippen LogP contribution < -0.4 is 0 Å². The maximum absolute atomic E-state index is 10.1. The van der Waals surface area contributed by atoms with Gasteiger partial charge in [-0.05, 0) is 18.9 Å². The molecular formula is C10H17NO. The Bertz CT molecular complexity index is 159. The molecule has 0 atom stereocenters. The molecule has 2 nitrogen and oxygen atoms in total. The summed E-state index contributed by atoms with van der Waals surface area (Å²) in [4.78, 5) is 12.2. The smallest absolute Gasteiger partial charge is 0.144 e. The molecule has 0 saturated heterocycles. The molecule has 0 N–H and O–H groups in total. The van der Waals surface area contributed by atoms with E-state index in [9.17, 15) is 4.79 Å². The van der Waals surface area contributed by atoms with Gasteiger partial charge < -0.3 is 4.90 Å². The number of hydrogen-bond acceptors (Lipinski definition) is 2. The Kier molecular flexibility index (Phi) is 3.85. The van der Waals surface area contributed by atoms with Crippen LogP contribution in [0.2, 0.25) is 0 Å². The van der Waals surface area contributed by atoms with Crippen molar-refractivity contribution in [3.63, 3.8) is 0 Å². The summed E-state index contributed by atoms with van der Waals surface area (Å²) in [5, 5.41) is 0. The third kappa shape index (κ3) is 2.68. The second-order valence-electron chi connectivity index (χ2n) is 3.43. The number of nitrogens with zero attached hydrogens (tertiary/aromatic N) is 1. The van der Waals surface area contributed by atoms with Gasteiger partial charge in [0, 0.05) is 19.3 Å². The Hall–Kier alpha value is -0.790. The van der Waals surface area contributed by atoms with Crippen molar-refractivity contribution in [1.82, 2.24) is 4.90 Å². The number of carbonyl (C=O) groups is 1. The number of rotatable bonds is 3. The molecule has 0 radical (unpaired) electrons. The number of aldehydes is 1. The minimum atomic E-state index is 0.662. The van der Waals surface area contributed by atoms with Gasteiger partial charge >= 0.3 is 0 Å². The van der Waals surface area contributed by atoms with E-state index in [1.54, 1.807) is 6.08 Å². The third-order valence-electron chi connectivity index (χ3n) is 2.55. The van der Waals surface area contributed by atoms with Crippen molar-refractivity contribution in [2.75, 3.05) is 7.05 Å². The predicted octanol–water partition coefficient (Wildman–Crippen LogP) is 1.96. The van der Waals surface area contributed by atoms with E-state index in [4.69, 9.17) is 0 Å². The lowest BCUT2D eigenvalue weighted by Gasteiger charge is -2.29. The lowest BCUT2D eigenvalue weighted by Crippen LogP contribution is -2.28. The van der Waals surface area contributed by atoms with Crippen LogP contribution in [0.15, 0.2) is 12.3 Å². The monoisotopic (exact) mass is 167 g/mol. The summed E-state index contributed by atoms with van der Waals surface area (Å²) in [5.41, 5.74) is 0. The zero-order valence-corrected chi connectivity index (χ0v) is 7.70. The maximum Gasteiger partial charge on any atom is 0.144 e. The first-order valence-electron chi connectivity index (χ1n) is 4.68. The standard InChI is InChI=1S/C10H17NO/c1-11(8-5-9-12)10-6-3-2-4-7-10/h5,8-10H,2-4,6-7H2,1H3. The fourth-order valence-corrected chi connectivity index (χ4v) is 1.78. The molecular weight excluding hydrogens is 150 g/mol. The van der Waals surface area contributed by atoms with E-state index in [2.05, 4.69) is 11.9 Å². The van der Waals surface area contributed by atoms with E-state index < -0.39 is 0 Å². The third-order valence-corrected chi connectivity index (χ3v) is 2.55. The maximum atomic E-state index is 10.1. The minimum absolute atomic E-state index is 0.662. The summed E-state index contributed by atoms with van der Waals surface area (Å²) in [7, 11) is 2.05. The molecule has 0 aromatic rings. The van der Waals surface area contributed by atoms with Crippen LogP contribution in [0, 0.1) is 0 Å². The van der Waals surface area contributed by atoms with Gasteiger partial charge in [0.1, 0.15) is 6.29 Å². The Morgan fingerprint density at radius 1 is 1.25 bits per heavy atom. The predicted molar refractivity (Wildman–Crippen MR) is 49.8 cm³/mol. The van der Waals surface area contributed by atoms with Crippen LogP contribution in [-0.4, -0.2) is 24.3 Å². The van der Waals surface area contributed by atoms with Crippen molar-refractivity contribution in [3.05, 3.63) is 12.3 Å². The molecule has 0 heterocycles. The molecule has 1 rings (SSSR count). The highest BCUT2D eigenvalue weighted by Gasteiger charge is 2.14. The summed E-state index contributed by atoms with van der Waals surface area (Å²) in [6, 6.07) is 0.662. The molecule has 0 unspecified atom stereocenters. The molecule has 0 aromatic carbocycles. The molecule has 1 fully saturated rings. The molecule has 0 bridgehead atoms. The Morgan fingerprint density at radius 3 is 2.50 bits per heavy atom. The van der Waals surface area contributed by atoms with Gasteiger partial charge in [-0.2, -0.15) is 0 Å². The molecule has 2 heteroatoms. The average Bonchev–Trinajstić information content (AvgIpc) is 2.15. The first kappa shape index (κ1) is 9.30. The van der Waals surface area contributed by atoms with Crippen LogP contribution in [0.3, 0.4) is 0 Å². The highest BCUT2D eigenvalue weighted by atomic mass is 16.1. The molecule has 1 aliphatic carbocycles. The zero-order valence-electron chi connectivity index (χ0n) is 7.70. The van der Waals surface area contributed by atoms with Gasteiger partial charge in [-0.25, -0.2) is 0 Å². The van der Waals surface area contributed by atoms with E-state index in [-0.39, 0.29) is 0 Å². The van der Waals surface area contributed by atoms with Crippen LogP contribution in [0.5, 0.6) is 0 Å². The van der Waals surface area contributed by atoms with E-state index in [1.807, 2.05) is 6.20 Å². The highest BCUT2D eigenvalue weighted by Crippen LogP contribution is 2.21. The van der Waals surface area contributed by atoms with Crippen molar-refractivity contribution in [1.29, 1.82) is 0 Å². The van der Waals surface area contributed by atoms with Gasteiger partial charge in [-0.1, -0.05) is 19.3 Å². The number of hydrogen-bond donors (Lipinski definition) is 0. The quantitative estimate of drug-likeness (QED) is 0.473. The molecule has 0 amide bonds. The van der Waals surface area contributed by atoms with Gasteiger partial charge in [-0.3, -0.25) is 4.79 Å². The largest absolute Gasteiger partial charge is 0.377 e. The van der Waals surface area contributed by atoms with E-state index in [0.717, 1.165) is 6.29 Å². The molecule has 0 aliphatic heterocycles. The molecule has 68 valence electrons. The van der Waals surface area contributed by atoms with Gasteiger partial charge in [0.2, 0.25) is 0 Å². The van der Waals surface area contributed by atoms with E-state index in [0.29, 0.717) is 6.04 Å². The normalized spacial score (nSPS) is 19.8. The van der Waals surface area contributed by atoms with Crippen molar-refractivity contribution in [2.45, 2.75) is 38.1 Å². The Morgan fingerprint density at radius 2 is 1.92 bits per heavy atom. The van der Waals surface area contributed by atoms with Crippen LogP contribution in [0.25, 0.3) is 0 Å². The van der Waals surface area contributed by atoms with Gasteiger partial charge in [-0.15, -0.1) is 0 Å². The fourth-order valence-electron chi connectivity index (χ4n) is 1.78. The number of carbonyl (C=O) groups excluding carboxylic acids is 1. The van der Waals surface area contributed by atoms with Gasteiger partial charge in [0.25, 0.3) is 0 Å². The zero-order chi connectivity index (χ0) is 8.81. The molecule has 0 aromatic heterocycles. The summed E-state index contributed by atoms with van der Waals surface area (Å²) in [6.45, 7) is 0. The van der Waals surface area contributed by atoms with E-state index in [1.165, 1.54) is 32.1 Å². The summed E-state index contributed by atoms with van der Waals surface area (Å²) in [5.74, 6) is 0. The molecule has 1 aliphatic rings. The minimum Gasteiger partial charge on any atom is -0.377 e. The summed E-state index contributed by atoms with van der Waals surface area (Å²) in [6.07, 6.45) is 10.9. The fraction of sp³-hybridized carbons (Fsp3) is 0.700. The molecule has 1 saturated carbocycles. The topological polar surface area (TPSA) is 20.3 Å². The average molecular weight is 167 g/mol. The van der Waals surface area contributed by atoms with E-state index >= 15 is 0 Å². The lowest BCUT2D eigenvalue weighted by atomic mass is 9.95. The molecule has 12 heavy (non-hydrogen) atoms. The summed E-state index contributed by atoms with van der Waals surface area (Å²) >= 11 is 0. The lowest BCUT2D eigenvalue weighted by molar-refractivity contribution is -0.104. The van der Waals surface area contributed by atoms with Gasteiger partial charge in [0.15, 0.2) is 0 Å². The van der Waals surface area contributed by atoms with Crippen molar-refractivity contribution in [3.8, 4) is 0 Å². The Labute approximate surface area is 74.2 Å². The first-order chi connectivity index (χ1) is 5.84. The number of allylic oxidation sites excluding steroid dienone is 1. The van der Waals surface area contributed by atoms with Crippen LogP contribution in [0.4, 0.5) is 0 Å². The SMILES string of the molecule is CN(C=CC=O)C1CCCCC1. The van der Waals surface area contributed by atoms with Crippen molar-refractivity contribution >= 4 is 6.29 Å².